The van der Waals surface area contributed by atoms with Crippen LogP contribution in [0.3, 0.4) is 0 Å². The number of benzene rings is 1. The number of ether oxygens (including phenoxy) is 1. The van der Waals surface area contributed by atoms with Gasteiger partial charge in [0, 0.05) is 18.7 Å². The van der Waals surface area contributed by atoms with Gasteiger partial charge in [-0.2, -0.15) is 13.1 Å². The number of thiazole rings is 1. The largest absolute Gasteiger partial charge is 0.443 e. The molecule has 0 aliphatic heterocycles. The molecule has 0 spiro atoms. The van der Waals surface area contributed by atoms with Gasteiger partial charge in [-0.25, -0.2) is 14.5 Å². The number of carbonyl (C=O) groups excluding carboxylic acids is 2. The van der Waals surface area contributed by atoms with Gasteiger partial charge in [-0.3, -0.25) is 4.79 Å². The number of ketones is 1. The second-order valence-electron chi connectivity index (χ2n) is 7.46. The molecule has 1 amide bonds. The zero-order valence-corrected chi connectivity index (χ0v) is 18.9. The molecule has 1 aromatic carbocycles. The van der Waals surface area contributed by atoms with Crippen molar-refractivity contribution in [1.82, 2.24) is 14.4 Å². The van der Waals surface area contributed by atoms with Gasteiger partial charge < -0.3 is 10.1 Å². The molecule has 2 rings (SSSR count). The second kappa shape index (κ2) is 10.0. The Labute approximate surface area is 180 Å². The van der Waals surface area contributed by atoms with Crippen LogP contribution in [0.25, 0.3) is 0 Å². The molecule has 164 valence electrons. The lowest BCUT2D eigenvalue weighted by atomic mass is 10.0. The number of hydrogen-bond acceptors (Lipinski definition) is 8. The van der Waals surface area contributed by atoms with Crippen LogP contribution in [0.2, 0.25) is 0 Å². The van der Waals surface area contributed by atoms with E-state index in [1.54, 1.807) is 31.6 Å². The lowest BCUT2D eigenvalue weighted by Crippen LogP contribution is -2.43. The van der Waals surface area contributed by atoms with Crippen LogP contribution in [0.5, 0.6) is 0 Å². The molecule has 0 fully saturated rings. The van der Waals surface area contributed by atoms with E-state index in [2.05, 4.69) is 15.0 Å². The Morgan fingerprint density at radius 2 is 1.87 bits per heavy atom. The first-order valence-corrected chi connectivity index (χ1v) is 11.6. The summed E-state index contributed by atoms with van der Waals surface area (Å²) in [5.74, 6) is -0.0837. The SMILES string of the molecule is Cc1ccccc1C(=O)c1cnc(NCCCNS(=O)(=O)NC(=O)OC(C)(C)C)s1. The van der Waals surface area contributed by atoms with E-state index in [4.69, 9.17) is 4.74 Å². The highest BCUT2D eigenvalue weighted by atomic mass is 32.2. The van der Waals surface area contributed by atoms with Crippen LogP contribution in [-0.2, 0) is 14.9 Å². The normalized spacial score (nSPS) is 11.7. The molecule has 0 bridgehead atoms. The van der Waals surface area contributed by atoms with Crippen molar-refractivity contribution >= 4 is 38.6 Å². The maximum absolute atomic E-state index is 12.6. The maximum atomic E-state index is 12.6. The molecule has 11 heteroatoms. The van der Waals surface area contributed by atoms with Crippen molar-refractivity contribution in [2.45, 2.75) is 39.7 Å². The van der Waals surface area contributed by atoms with Crippen molar-refractivity contribution in [1.29, 1.82) is 0 Å². The van der Waals surface area contributed by atoms with Crippen molar-refractivity contribution in [3.05, 3.63) is 46.5 Å². The van der Waals surface area contributed by atoms with E-state index in [9.17, 15) is 18.0 Å². The number of amides is 1. The molecule has 0 saturated heterocycles. The topological polar surface area (TPSA) is 126 Å². The average Bonchev–Trinajstić information content (AvgIpc) is 3.08. The summed E-state index contributed by atoms with van der Waals surface area (Å²) < 4.78 is 32.6. The van der Waals surface area contributed by atoms with E-state index in [1.807, 2.05) is 25.1 Å². The van der Waals surface area contributed by atoms with Gasteiger partial charge in [0.15, 0.2) is 5.13 Å². The standard InChI is InChI=1S/C19H26N4O5S2/c1-13-8-5-6-9-14(13)16(24)15-12-21-17(29-15)20-10-7-11-22-30(26,27)23-18(25)28-19(2,3)4/h5-6,8-9,12,22H,7,10-11H2,1-4H3,(H,20,21)(H,23,25). The van der Waals surface area contributed by atoms with Crippen LogP contribution in [-0.4, -0.2) is 44.0 Å². The van der Waals surface area contributed by atoms with E-state index < -0.39 is 21.9 Å². The van der Waals surface area contributed by atoms with Crippen LogP contribution in [0.4, 0.5) is 9.93 Å². The van der Waals surface area contributed by atoms with Crippen LogP contribution in [0, 0.1) is 6.92 Å². The van der Waals surface area contributed by atoms with E-state index >= 15 is 0 Å². The van der Waals surface area contributed by atoms with E-state index in [0.717, 1.165) is 5.56 Å². The van der Waals surface area contributed by atoms with Gasteiger partial charge in [-0.15, -0.1) is 0 Å². The van der Waals surface area contributed by atoms with Gasteiger partial charge in [0.05, 0.1) is 11.1 Å². The molecule has 30 heavy (non-hydrogen) atoms. The van der Waals surface area contributed by atoms with Crippen LogP contribution >= 0.6 is 11.3 Å². The Kier molecular flexibility index (Phi) is 7.93. The number of hydrogen-bond donors (Lipinski definition) is 3. The van der Waals surface area contributed by atoms with Gasteiger partial charge in [0.1, 0.15) is 5.60 Å². The first kappa shape index (κ1) is 23.8. The summed E-state index contributed by atoms with van der Waals surface area (Å²) in [4.78, 5) is 28.8. The minimum atomic E-state index is -4.00. The average molecular weight is 455 g/mol. The molecule has 0 aliphatic rings. The Bertz CT molecular complexity index is 996. The van der Waals surface area contributed by atoms with Crippen LogP contribution in [0.1, 0.15) is 48.0 Å². The summed E-state index contributed by atoms with van der Waals surface area (Å²) in [6.07, 6.45) is 0.923. The molecule has 0 unspecified atom stereocenters. The van der Waals surface area contributed by atoms with Crippen molar-refractivity contribution in [3.63, 3.8) is 0 Å². The Hall–Kier alpha value is -2.50. The summed E-state index contributed by atoms with van der Waals surface area (Å²) in [6.45, 7) is 7.32. The Morgan fingerprint density at radius 1 is 1.17 bits per heavy atom. The van der Waals surface area contributed by atoms with Gasteiger partial charge in [0.25, 0.3) is 0 Å². The minimum Gasteiger partial charge on any atom is -0.443 e. The molecule has 0 saturated carbocycles. The molecule has 0 radical (unpaired) electrons. The van der Waals surface area contributed by atoms with E-state index in [-0.39, 0.29) is 12.3 Å². The lowest BCUT2D eigenvalue weighted by Gasteiger charge is -2.19. The first-order valence-electron chi connectivity index (χ1n) is 9.27. The smallest absolute Gasteiger partial charge is 0.422 e. The third-order valence-electron chi connectivity index (χ3n) is 3.66. The lowest BCUT2D eigenvalue weighted by molar-refractivity contribution is 0.0569. The predicted octanol–water partition coefficient (Wildman–Crippen LogP) is 2.84. The fourth-order valence-electron chi connectivity index (χ4n) is 2.36. The van der Waals surface area contributed by atoms with Gasteiger partial charge >= 0.3 is 16.3 Å². The third kappa shape index (κ3) is 7.73. The van der Waals surface area contributed by atoms with Crippen LogP contribution in [0.15, 0.2) is 30.5 Å². The molecule has 1 heterocycles. The number of nitrogens with one attached hydrogen (secondary N) is 3. The monoisotopic (exact) mass is 454 g/mol. The summed E-state index contributed by atoms with van der Waals surface area (Å²) in [5.41, 5.74) is 0.744. The first-order chi connectivity index (χ1) is 14.0. The van der Waals surface area contributed by atoms with Crippen molar-refractivity contribution in [3.8, 4) is 0 Å². The molecule has 3 N–H and O–H groups in total. The number of carbonyl (C=O) groups is 2. The van der Waals surface area contributed by atoms with Crippen molar-refractivity contribution < 1.29 is 22.7 Å². The minimum absolute atomic E-state index is 0.0837. The highest BCUT2D eigenvalue weighted by Crippen LogP contribution is 2.22. The zero-order valence-electron chi connectivity index (χ0n) is 17.3. The van der Waals surface area contributed by atoms with Gasteiger partial charge in [0.2, 0.25) is 5.78 Å². The predicted molar refractivity (Wildman–Crippen MR) is 116 cm³/mol. The molecule has 1 aromatic heterocycles. The fraction of sp³-hybridized carbons (Fsp3) is 0.421. The van der Waals surface area contributed by atoms with Gasteiger partial charge in [-0.05, 0) is 39.7 Å². The quantitative estimate of drug-likeness (QED) is 0.393. The Balaban J connectivity index is 1.76. The molecule has 0 aliphatic carbocycles. The highest BCUT2D eigenvalue weighted by molar-refractivity contribution is 7.88. The number of aromatic nitrogens is 1. The second-order valence-corrected chi connectivity index (χ2v) is 9.99. The zero-order chi connectivity index (χ0) is 22.4. The summed E-state index contributed by atoms with van der Waals surface area (Å²) in [7, 11) is -4.00. The van der Waals surface area contributed by atoms with E-state index in [0.29, 0.717) is 28.5 Å². The fourth-order valence-corrected chi connectivity index (χ4v) is 3.90. The Morgan fingerprint density at radius 3 is 2.53 bits per heavy atom. The van der Waals surface area contributed by atoms with Crippen molar-refractivity contribution in [2.75, 3.05) is 18.4 Å². The summed E-state index contributed by atoms with van der Waals surface area (Å²) in [5, 5.41) is 3.62. The molecular formula is C19H26N4O5S2. The summed E-state index contributed by atoms with van der Waals surface area (Å²) in [6, 6.07) is 7.36. The number of nitrogens with zero attached hydrogens (tertiary/aromatic N) is 1. The number of aryl methyl sites for hydroxylation is 1. The van der Waals surface area contributed by atoms with Crippen molar-refractivity contribution in [2.24, 2.45) is 0 Å². The van der Waals surface area contributed by atoms with Crippen LogP contribution < -0.4 is 14.8 Å². The summed E-state index contributed by atoms with van der Waals surface area (Å²) >= 11 is 1.24. The van der Waals surface area contributed by atoms with E-state index in [1.165, 1.54) is 17.5 Å². The third-order valence-corrected chi connectivity index (χ3v) is 5.63. The molecule has 9 nitrogen and oxygen atoms in total. The number of anilines is 1. The highest BCUT2D eigenvalue weighted by Gasteiger charge is 2.21. The van der Waals surface area contributed by atoms with Gasteiger partial charge in [-0.1, -0.05) is 35.6 Å². The molecular weight excluding hydrogens is 428 g/mol. The molecule has 0 atom stereocenters. The maximum Gasteiger partial charge on any atom is 0.422 e. The molecule has 2 aromatic rings. The number of rotatable bonds is 9.